The van der Waals surface area contributed by atoms with Gasteiger partial charge in [-0.1, -0.05) is 6.07 Å². The van der Waals surface area contributed by atoms with Gasteiger partial charge in [-0.15, -0.1) is 0 Å². The smallest absolute Gasteiger partial charge is 0.0713 e. The monoisotopic (exact) mass is 236 g/mol. The summed E-state index contributed by atoms with van der Waals surface area (Å²) in [4.78, 5) is 4.81. The molecular weight excluding hydrogens is 220 g/mol. The quantitative estimate of drug-likeness (QED) is 0.760. The Hall–Kier alpha value is -1.88. The summed E-state index contributed by atoms with van der Waals surface area (Å²) in [6, 6.07) is 6.65. The van der Waals surface area contributed by atoms with E-state index in [0.29, 0.717) is 6.42 Å². The van der Waals surface area contributed by atoms with Crippen molar-refractivity contribution >= 4 is 10.9 Å². The van der Waals surface area contributed by atoms with Crippen molar-refractivity contribution in [3.8, 4) is 6.07 Å². The van der Waals surface area contributed by atoms with Crippen LogP contribution < -0.4 is 0 Å². The molecule has 18 heavy (non-hydrogen) atoms. The van der Waals surface area contributed by atoms with Crippen molar-refractivity contribution in [2.45, 2.75) is 39.5 Å². The van der Waals surface area contributed by atoms with Crippen molar-refractivity contribution in [2.75, 3.05) is 0 Å². The van der Waals surface area contributed by atoms with E-state index in [0.717, 1.165) is 18.4 Å². The first-order chi connectivity index (χ1) is 8.70. The molecular formula is C16H16N2. The Morgan fingerprint density at radius 2 is 2.11 bits per heavy atom. The number of nitrogens with zero attached hydrogens (tertiary/aromatic N) is 2. The molecule has 3 rings (SSSR count). The number of nitriles is 1. The van der Waals surface area contributed by atoms with Crippen molar-refractivity contribution in [1.82, 2.24) is 4.98 Å². The first-order valence-electron chi connectivity index (χ1n) is 6.49. The molecule has 0 saturated carbocycles. The second-order valence-corrected chi connectivity index (χ2v) is 5.18. The molecule has 1 heterocycles. The van der Waals surface area contributed by atoms with E-state index in [1.165, 1.54) is 39.8 Å². The first-order valence-corrected chi connectivity index (χ1v) is 6.49. The Morgan fingerprint density at radius 1 is 1.28 bits per heavy atom. The molecule has 0 unspecified atom stereocenters. The summed E-state index contributed by atoms with van der Waals surface area (Å²) in [5, 5.41) is 10.3. The van der Waals surface area contributed by atoms with Crippen LogP contribution in [0.15, 0.2) is 12.1 Å². The van der Waals surface area contributed by atoms with Gasteiger partial charge in [0, 0.05) is 11.1 Å². The maximum Gasteiger partial charge on any atom is 0.0713 e. The van der Waals surface area contributed by atoms with Gasteiger partial charge >= 0.3 is 0 Å². The fourth-order valence-electron chi connectivity index (χ4n) is 3.17. The second kappa shape index (κ2) is 4.10. The fourth-order valence-corrected chi connectivity index (χ4v) is 3.17. The van der Waals surface area contributed by atoms with Gasteiger partial charge in [-0.25, -0.2) is 0 Å². The Labute approximate surface area is 107 Å². The maximum atomic E-state index is 9.09. The number of aryl methyl sites for hydroxylation is 3. The van der Waals surface area contributed by atoms with Gasteiger partial charge in [0.15, 0.2) is 0 Å². The van der Waals surface area contributed by atoms with Gasteiger partial charge in [0.05, 0.1) is 18.0 Å². The third-order valence-electron chi connectivity index (χ3n) is 3.83. The van der Waals surface area contributed by atoms with Crippen LogP contribution in [-0.4, -0.2) is 4.98 Å². The molecule has 0 bridgehead atoms. The number of fused-ring (bicyclic) bond motifs is 2. The van der Waals surface area contributed by atoms with E-state index >= 15 is 0 Å². The zero-order valence-corrected chi connectivity index (χ0v) is 10.9. The molecule has 2 aromatic rings. The van der Waals surface area contributed by atoms with Crippen LogP contribution in [0.1, 0.15) is 34.4 Å². The largest absolute Gasteiger partial charge is 0.253 e. The summed E-state index contributed by atoms with van der Waals surface area (Å²) in [5.41, 5.74) is 7.35. The summed E-state index contributed by atoms with van der Waals surface area (Å²) in [6.45, 7) is 4.23. The minimum atomic E-state index is 0.505. The van der Waals surface area contributed by atoms with Crippen LogP contribution in [0.2, 0.25) is 0 Å². The summed E-state index contributed by atoms with van der Waals surface area (Å²) < 4.78 is 0. The predicted molar refractivity (Wildman–Crippen MR) is 72.6 cm³/mol. The number of hydrogen-bond donors (Lipinski definition) is 0. The lowest BCUT2D eigenvalue weighted by Gasteiger charge is -2.13. The van der Waals surface area contributed by atoms with Gasteiger partial charge in [0.2, 0.25) is 0 Å². The zero-order chi connectivity index (χ0) is 12.7. The standard InChI is InChI=1S/C16H16N2/c1-10-8-11(2)16-13(6-7-17)12-4-3-5-14(12)18-15(16)9-10/h8-9H,3-6H2,1-2H3. The van der Waals surface area contributed by atoms with Crippen molar-refractivity contribution in [2.24, 2.45) is 0 Å². The highest BCUT2D eigenvalue weighted by atomic mass is 14.7. The van der Waals surface area contributed by atoms with Gasteiger partial charge in [0.25, 0.3) is 0 Å². The summed E-state index contributed by atoms with van der Waals surface area (Å²) in [5.74, 6) is 0. The molecule has 1 aromatic heterocycles. The molecule has 0 N–H and O–H groups in total. The van der Waals surface area contributed by atoms with Crippen molar-refractivity contribution < 1.29 is 0 Å². The Morgan fingerprint density at radius 3 is 2.89 bits per heavy atom. The minimum Gasteiger partial charge on any atom is -0.253 e. The summed E-state index contributed by atoms with van der Waals surface area (Å²) in [7, 11) is 0. The highest BCUT2D eigenvalue weighted by Gasteiger charge is 2.20. The molecule has 1 aliphatic carbocycles. The number of hydrogen-bond acceptors (Lipinski definition) is 2. The Bertz CT molecular complexity index is 678. The van der Waals surface area contributed by atoms with Crippen LogP contribution in [0.5, 0.6) is 0 Å². The fraction of sp³-hybridized carbons (Fsp3) is 0.375. The van der Waals surface area contributed by atoms with Crippen molar-refractivity contribution in [3.63, 3.8) is 0 Å². The van der Waals surface area contributed by atoms with E-state index in [-0.39, 0.29) is 0 Å². The van der Waals surface area contributed by atoms with Gasteiger partial charge in [0.1, 0.15) is 0 Å². The lowest BCUT2D eigenvalue weighted by molar-refractivity contribution is 0.899. The number of pyridine rings is 1. The van der Waals surface area contributed by atoms with E-state index < -0.39 is 0 Å². The first kappa shape index (κ1) is 11.2. The van der Waals surface area contributed by atoms with E-state index in [1.807, 2.05) is 0 Å². The number of aromatic nitrogens is 1. The van der Waals surface area contributed by atoms with Crippen LogP contribution in [0.4, 0.5) is 0 Å². The average molecular weight is 236 g/mol. The van der Waals surface area contributed by atoms with Crippen LogP contribution >= 0.6 is 0 Å². The van der Waals surface area contributed by atoms with Crippen LogP contribution in [-0.2, 0) is 19.3 Å². The molecule has 0 spiro atoms. The zero-order valence-electron chi connectivity index (χ0n) is 10.9. The molecule has 0 atom stereocenters. The van der Waals surface area contributed by atoms with Gasteiger partial charge in [-0.3, -0.25) is 4.98 Å². The molecule has 0 saturated heterocycles. The van der Waals surface area contributed by atoms with Crippen molar-refractivity contribution in [3.05, 3.63) is 40.1 Å². The third-order valence-corrected chi connectivity index (χ3v) is 3.83. The highest BCUT2D eigenvalue weighted by molar-refractivity contribution is 5.88. The summed E-state index contributed by atoms with van der Waals surface area (Å²) >= 11 is 0. The topological polar surface area (TPSA) is 36.7 Å². The molecule has 1 aromatic carbocycles. The predicted octanol–water partition coefficient (Wildman–Crippen LogP) is 3.41. The second-order valence-electron chi connectivity index (χ2n) is 5.18. The lowest BCUT2D eigenvalue weighted by Crippen LogP contribution is -2.00. The SMILES string of the molecule is Cc1cc(C)c2c(CC#N)c3c(nc2c1)CCC3. The third kappa shape index (κ3) is 1.59. The average Bonchev–Trinajstić information content (AvgIpc) is 2.75. The molecule has 2 heteroatoms. The van der Waals surface area contributed by atoms with Crippen LogP contribution in [0.3, 0.4) is 0 Å². The molecule has 90 valence electrons. The molecule has 0 radical (unpaired) electrons. The number of benzene rings is 1. The highest BCUT2D eigenvalue weighted by Crippen LogP contribution is 2.32. The van der Waals surface area contributed by atoms with Gasteiger partial charge < -0.3 is 0 Å². The summed E-state index contributed by atoms with van der Waals surface area (Å²) in [6.07, 6.45) is 3.83. The molecule has 2 nitrogen and oxygen atoms in total. The minimum absolute atomic E-state index is 0.505. The van der Waals surface area contributed by atoms with Crippen LogP contribution in [0.25, 0.3) is 10.9 Å². The Balaban J connectivity index is 2.43. The normalized spacial score (nSPS) is 13.6. The lowest BCUT2D eigenvalue weighted by atomic mass is 9.95. The van der Waals surface area contributed by atoms with Crippen molar-refractivity contribution in [1.29, 1.82) is 5.26 Å². The van der Waals surface area contributed by atoms with Gasteiger partial charge in [-0.2, -0.15) is 5.26 Å². The van der Waals surface area contributed by atoms with E-state index in [9.17, 15) is 0 Å². The van der Waals surface area contributed by atoms with E-state index in [1.54, 1.807) is 0 Å². The molecule has 0 amide bonds. The van der Waals surface area contributed by atoms with Crippen LogP contribution in [0, 0.1) is 25.2 Å². The molecule has 0 fully saturated rings. The molecule has 0 aliphatic heterocycles. The maximum absolute atomic E-state index is 9.09. The van der Waals surface area contributed by atoms with E-state index in [4.69, 9.17) is 10.2 Å². The van der Waals surface area contributed by atoms with Gasteiger partial charge in [-0.05, 0) is 61.4 Å². The number of rotatable bonds is 1. The molecule has 1 aliphatic rings. The Kier molecular flexibility index (Phi) is 2.56. The van der Waals surface area contributed by atoms with E-state index in [2.05, 4.69) is 32.0 Å².